The van der Waals surface area contributed by atoms with Crippen LogP contribution in [0.25, 0.3) is 0 Å². The van der Waals surface area contributed by atoms with Crippen molar-refractivity contribution in [3.63, 3.8) is 0 Å². The smallest absolute Gasteiger partial charge is 0.226 e. The van der Waals surface area contributed by atoms with E-state index in [1.807, 2.05) is 5.38 Å². The molecule has 0 unspecified atom stereocenters. The molecule has 0 aromatic carbocycles. The van der Waals surface area contributed by atoms with Crippen LogP contribution in [0.1, 0.15) is 17.1 Å². The van der Waals surface area contributed by atoms with Crippen LogP contribution in [0.2, 0.25) is 0 Å². The van der Waals surface area contributed by atoms with E-state index in [0.29, 0.717) is 18.8 Å². The second kappa shape index (κ2) is 7.33. The number of alkyl halides is 1. The average Bonchev–Trinajstić information content (AvgIpc) is 2.76. The first-order valence-electron chi connectivity index (χ1n) is 5.49. The van der Waals surface area contributed by atoms with Gasteiger partial charge in [-0.3, -0.25) is 9.59 Å². The Labute approximate surface area is 115 Å². The molecule has 7 heteroatoms. The highest BCUT2D eigenvalue weighted by atomic mass is 35.5. The summed E-state index contributed by atoms with van der Waals surface area (Å²) < 4.78 is 0. The van der Waals surface area contributed by atoms with Crippen LogP contribution in [0.3, 0.4) is 0 Å². The minimum absolute atomic E-state index is 0.00558. The van der Waals surface area contributed by atoms with Crippen molar-refractivity contribution < 1.29 is 9.59 Å². The first-order valence-corrected chi connectivity index (χ1v) is 6.90. The van der Waals surface area contributed by atoms with Crippen LogP contribution in [0, 0.1) is 0 Å². The maximum absolute atomic E-state index is 11.6. The Balaban J connectivity index is 2.27. The molecule has 0 aliphatic carbocycles. The van der Waals surface area contributed by atoms with E-state index in [9.17, 15) is 9.59 Å². The summed E-state index contributed by atoms with van der Waals surface area (Å²) in [6.07, 6.45) is 0.543. The molecule has 18 heavy (non-hydrogen) atoms. The Morgan fingerprint density at radius 3 is 2.78 bits per heavy atom. The summed E-state index contributed by atoms with van der Waals surface area (Å²) in [4.78, 5) is 28.5. The fraction of sp³-hybridized carbons (Fsp3) is 0.545. The van der Waals surface area contributed by atoms with Crippen molar-refractivity contribution in [2.24, 2.45) is 0 Å². The summed E-state index contributed by atoms with van der Waals surface area (Å²) >= 11 is 7.04. The van der Waals surface area contributed by atoms with Crippen molar-refractivity contribution in [1.82, 2.24) is 15.2 Å². The topological polar surface area (TPSA) is 62.3 Å². The number of rotatable bonds is 6. The number of aromatic nitrogens is 1. The normalized spacial score (nSPS) is 10.2. The van der Waals surface area contributed by atoms with Gasteiger partial charge in [0.2, 0.25) is 11.8 Å². The van der Waals surface area contributed by atoms with Gasteiger partial charge in [0.25, 0.3) is 0 Å². The Morgan fingerprint density at radius 1 is 1.50 bits per heavy atom. The zero-order valence-corrected chi connectivity index (χ0v) is 12.0. The molecular formula is C11H16ClN3O2S. The summed E-state index contributed by atoms with van der Waals surface area (Å²) in [6.45, 7) is 0.351. The van der Waals surface area contributed by atoms with Crippen molar-refractivity contribution in [3.05, 3.63) is 16.1 Å². The number of halogens is 1. The minimum atomic E-state index is -0.128. The van der Waals surface area contributed by atoms with Gasteiger partial charge in [-0.25, -0.2) is 4.98 Å². The number of nitrogens with one attached hydrogen (secondary N) is 1. The van der Waals surface area contributed by atoms with Crippen molar-refractivity contribution in [2.45, 2.75) is 18.7 Å². The number of hydrogen-bond acceptors (Lipinski definition) is 4. The second-order valence-electron chi connectivity index (χ2n) is 3.93. The van der Waals surface area contributed by atoms with Crippen LogP contribution in [-0.4, -0.2) is 42.3 Å². The first kappa shape index (κ1) is 14.9. The lowest BCUT2D eigenvalue weighted by Gasteiger charge is -2.10. The van der Waals surface area contributed by atoms with Gasteiger partial charge in [-0.15, -0.1) is 22.9 Å². The van der Waals surface area contributed by atoms with Crippen molar-refractivity contribution >= 4 is 34.8 Å². The van der Waals surface area contributed by atoms with Gasteiger partial charge in [-0.1, -0.05) is 0 Å². The number of amides is 2. The Hall–Kier alpha value is -1.14. The SMILES string of the molecule is CN(C)C(=O)CCNC(=O)Cc1nc(CCl)cs1. The van der Waals surface area contributed by atoms with E-state index in [1.54, 1.807) is 14.1 Å². The lowest BCUT2D eigenvalue weighted by Crippen LogP contribution is -2.31. The van der Waals surface area contributed by atoms with Gasteiger partial charge in [-0.05, 0) is 0 Å². The molecular weight excluding hydrogens is 274 g/mol. The average molecular weight is 290 g/mol. The van der Waals surface area contributed by atoms with E-state index >= 15 is 0 Å². The molecule has 0 aliphatic heterocycles. The molecule has 0 bridgehead atoms. The molecule has 1 aromatic rings. The molecule has 0 radical (unpaired) electrons. The molecule has 5 nitrogen and oxygen atoms in total. The van der Waals surface area contributed by atoms with Crippen molar-refractivity contribution in [2.75, 3.05) is 20.6 Å². The van der Waals surface area contributed by atoms with Crippen LogP contribution in [0.15, 0.2) is 5.38 Å². The van der Waals surface area contributed by atoms with E-state index in [2.05, 4.69) is 10.3 Å². The highest BCUT2D eigenvalue weighted by molar-refractivity contribution is 7.09. The standard InChI is InChI=1S/C11H16ClN3O2S/c1-15(2)11(17)3-4-13-9(16)5-10-14-8(6-12)7-18-10/h7H,3-6H2,1-2H3,(H,13,16). The molecule has 1 aromatic heterocycles. The number of carbonyl (C=O) groups is 2. The molecule has 0 aliphatic rings. The van der Waals surface area contributed by atoms with Crippen LogP contribution < -0.4 is 5.32 Å². The predicted octanol–water partition coefficient (Wildman–Crippen LogP) is 1.02. The van der Waals surface area contributed by atoms with E-state index in [0.717, 1.165) is 10.7 Å². The van der Waals surface area contributed by atoms with Crippen LogP contribution in [-0.2, 0) is 21.9 Å². The fourth-order valence-electron chi connectivity index (χ4n) is 1.22. The van der Waals surface area contributed by atoms with Gasteiger partial charge >= 0.3 is 0 Å². The maximum atomic E-state index is 11.6. The third-order valence-electron chi connectivity index (χ3n) is 2.21. The van der Waals surface area contributed by atoms with Gasteiger partial charge in [0.05, 0.1) is 18.0 Å². The third kappa shape index (κ3) is 5.01. The Bertz CT molecular complexity index is 420. The van der Waals surface area contributed by atoms with Crippen LogP contribution in [0.5, 0.6) is 0 Å². The van der Waals surface area contributed by atoms with Crippen molar-refractivity contribution in [3.8, 4) is 0 Å². The monoisotopic (exact) mass is 289 g/mol. The maximum Gasteiger partial charge on any atom is 0.226 e. The molecule has 0 saturated carbocycles. The summed E-state index contributed by atoms with van der Waals surface area (Å²) in [5.41, 5.74) is 0.784. The van der Waals surface area contributed by atoms with Gasteiger partial charge in [0.1, 0.15) is 5.01 Å². The van der Waals surface area contributed by atoms with Gasteiger partial charge < -0.3 is 10.2 Å². The molecule has 1 rings (SSSR count). The largest absolute Gasteiger partial charge is 0.355 e. The van der Waals surface area contributed by atoms with E-state index in [-0.39, 0.29) is 18.2 Å². The van der Waals surface area contributed by atoms with Gasteiger partial charge in [0, 0.05) is 32.4 Å². The zero-order chi connectivity index (χ0) is 13.5. The lowest BCUT2D eigenvalue weighted by molar-refractivity contribution is -0.128. The molecule has 0 fully saturated rings. The molecule has 0 spiro atoms. The predicted molar refractivity (Wildman–Crippen MR) is 71.7 cm³/mol. The highest BCUT2D eigenvalue weighted by Gasteiger charge is 2.09. The fourth-order valence-corrected chi connectivity index (χ4v) is 2.24. The minimum Gasteiger partial charge on any atom is -0.355 e. The quantitative estimate of drug-likeness (QED) is 0.795. The lowest BCUT2D eigenvalue weighted by atomic mass is 10.3. The number of thiazole rings is 1. The summed E-state index contributed by atoms with van der Waals surface area (Å²) in [7, 11) is 3.38. The summed E-state index contributed by atoms with van der Waals surface area (Å²) in [6, 6.07) is 0. The molecule has 1 N–H and O–H groups in total. The van der Waals surface area contributed by atoms with E-state index in [4.69, 9.17) is 11.6 Å². The molecule has 2 amide bonds. The number of nitrogens with zero attached hydrogens (tertiary/aromatic N) is 2. The van der Waals surface area contributed by atoms with Gasteiger partial charge in [-0.2, -0.15) is 0 Å². The summed E-state index contributed by atoms with van der Waals surface area (Å²) in [5.74, 6) is 0.223. The van der Waals surface area contributed by atoms with Crippen LogP contribution in [0.4, 0.5) is 0 Å². The van der Waals surface area contributed by atoms with Crippen LogP contribution >= 0.6 is 22.9 Å². The zero-order valence-electron chi connectivity index (χ0n) is 10.4. The molecule has 1 heterocycles. The Morgan fingerprint density at radius 2 is 2.22 bits per heavy atom. The number of carbonyl (C=O) groups excluding carboxylic acids is 2. The molecule has 0 saturated heterocycles. The number of hydrogen-bond donors (Lipinski definition) is 1. The molecule has 100 valence electrons. The third-order valence-corrected chi connectivity index (χ3v) is 3.38. The van der Waals surface area contributed by atoms with E-state index in [1.165, 1.54) is 16.2 Å². The first-order chi connectivity index (χ1) is 8.52. The summed E-state index contributed by atoms with van der Waals surface area (Å²) in [5, 5.41) is 5.27. The highest BCUT2D eigenvalue weighted by Crippen LogP contribution is 2.11. The molecule has 0 atom stereocenters. The van der Waals surface area contributed by atoms with Crippen molar-refractivity contribution in [1.29, 1.82) is 0 Å². The van der Waals surface area contributed by atoms with Gasteiger partial charge in [0.15, 0.2) is 0 Å². The Kier molecular flexibility index (Phi) is 6.07. The van der Waals surface area contributed by atoms with E-state index < -0.39 is 0 Å². The second-order valence-corrected chi connectivity index (χ2v) is 5.14.